The SMILES string of the molecule is O=C1N[C@@H](C(=O)O)CCS1. The quantitative estimate of drug-likeness (QED) is 0.580. The Hall–Kier alpha value is -0.710. The van der Waals surface area contributed by atoms with Gasteiger partial charge in [0.2, 0.25) is 0 Å². The Kier molecular flexibility index (Phi) is 2.16. The van der Waals surface area contributed by atoms with Crippen LogP contribution in [-0.2, 0) is 4.79 Å². The molecule has 1 saturated heterocycles. The molecule has 0 bridgehead atoms. The van der Waals surface area contributed by atoms with Crippen molar-refractivity contribution in [3.63, 3.8) is 0 Å². The van der Waals surface area contributed by atoms with E-state index in [1.54, 1.807) is 0 Å². The molecule has 5 heteroatoms. The average Bonchev–Trinajstić information content (AvgIpc) is 1.88. The lowest BCUT2D eigenvalue weighted by atomic mass is 10.2. The molecule has 0 aromatic rings. The van der Waals surface area contributed by atoms with Crippen molar-refractivity contribution >= 4 is 23.0 Å². The van der Waals surface area contributed by atoms with Gasteiger partial charge < -0.3 is 10.4 Å². The van der Waals surface area contributed by atoms with Gasteiger partial charge in [0.15, 0.2) is 0 Å². The molecule has 2 N–H and O–H groups in total. The van der Waals surface area contributed by atoms with Crippen molar-refractivity contribution < 1.29 is 14.7 Å². The van der Waals surface area contributed by atoms with Crippen LogP contribution in [0.4, 0.5) is 4.79 Å². The summed E-state index contributed by atoms with van der Waals surface area (Å²) in [6.07, 6.45) is 0.520. The van der Waals surface area contributed by atoms with E-state index in [9.17, 15) is 9.59 Å². The maximum absolute atomic E-state index is 10.6. The molecule has 1 aliphatic heterocycles. The predicted octanol–water partition coefficient (Wildman–Crippen LogP) is 0.286. The van der Waals surface area contributed by atoms with Gasteiger partial charge in [-0.1, -0.05) is 11.8 Å². The fourth-order valence-corrected chi connectivity index (χ4v) is 1.48. The molecule has 1 amide bonds. The van der Waals surface area contributed by atoms with E-state index in [0.717, 1.165) is 11.8 Å². The lowest BCUT2D eigenvalue weighted by molar-refractivity contribution is -0.139. The molecule has 0 spiro atoms. The van der Waals surface area contributed by atoms with Gasteiger partial charge in [-0.15, -0.1) is 0 Å². The van der Waals surface area contributed by atoms with E-state index in [1.165, 1.54) is 0 Å². The number of carboxylic acids is 1. The van der Waals surface area contributed by atoms with Crippen molar-refractivity contribution in [2.75, 3.05) is 5.75 Å². The Labute approximate surface area is 62.0 Å². The number of carbonyl (C=O) groups excluding carboxylic acids is 1. The number of amides is 1. The number of hydrogen-bond acceptors (Lipinski definition) is 3. The zero-order valence-corrected chi connectivity index (χ0v) is 5.98. The van der Waals surface area contributed by atoms with Gasteiger partial charge in [-0.25, -0.2) is 4.79 Å². The van der Waals surface area contributed by atoms with Gasteiger partial charge in [-0.05, 0) is 6.42 Å². The fraction of sp³-hybridized carbons (Fsp3) is 0.600. The minimum absolute atomic E-state index is 0.237. The van der Waals surface area contributed by atoms with E-state index < -0.39 is 12.0 Å². The number of hydrogen-bond donors (Lipinski definition) is 2. The minimum atomic E-state index is -0.950. The highest BCUT2D eigenvalue weighted by atomic mass is 32.2. The second-order valence-electron chi connectivity index (χ2n) is 1.96. The van der Waals surface area contributed by atoms with Crippen molar-refractivity contribution in [2.24, 2.45) is 0 Å². The summed E-state index contributed by atoms with van der Waals surface area (Å²) in [7, 11) is 0. The number of carbonyl (C=O) groups is 2. The summed E-state index contributed by atoms with van der Waals surface area (Å²) < 4.78 is 0. The summed E-state index contributed by atoms with van der Waals surface area (Å²) >= 11 is 1.13. The lowest BCUT2D eigenvalue weighted by Gasteiger charge is -2.17. The van der Waals surface area contributed by atoms with Crippen molar-refractivity contribution in [3.05, 3.63) is 0 Å². The van der Waals surface area contributed by atoms with E-state index in [1.807, 2.05) is 0 Å². The summed E-state index contributed by atoms with van der Waals surface area (Å²) in [5, 5.41) is 10.5. The van der Waals surface area contributed by atoms with Gasteiger partial charge in [0.1, 0.15) is 6.04 Å². The van der Waals surface area contributed by atoms with Crippen LogP contribution in [-0.4, -0.2) is 28.1 Å². The minimum Gasteiger partial charge on any atom is -0.480 e. The van der Waals surface area contributed by atoms with E-state index in [-0.39, 0.29) is 5.24 Å². The standard InChI is InChI=1S/C5H7NO3S/c7-4(8)3-1-2-10-5(9)6-3/h3H,1-2H2,(H,6,9)(H,7,8)/t3-/m1/s1. The average molecular weight is 161 g/mol. The van der Waals surface area contributed by atoms with Gasteiger partial charge in [0.05, 0.1) is 0 Å². The zero-order chi connectivity index (χ0) is 7.56. The van der Waals surface area contributed by atoms with E-state index in [0.29, 0.717) is 12.2 Å². The molecular formula is C5H7NO3S. The Morgan fingerprint density at radius 2 is 2.50 bits per heavy atom. The number of rotatable bonds is 1. The molecule has 0 unspecified atom stereocenters. The molecule has 4 nitrogen and oxygen atoms in total. The van der Waals surface area contributed by atoms with Crippen molar-refractivity contribution in [1.82, 2.24) is 5.32 Å². The number of nitrogens with one attached hydrogen (secondary N) is 1. The molecule has 0 radical (unpaired) electrons. The van der Waals surface area contributed by atoms with Crippen molar-refractivity contribution in [1.29, 1.82) is 0 Å². The van der Waals surface area contributed by atoms with Crippen LogP contribution in [0.25, 0.3) is 0 Å². The monoisotopic (exact) mass is 161 g/mol. The van der Waals surface area contributed by atoms with E-state index in [4.69, 9.17) is 5.11 Å². The van der Waals surface area contributed by atoms with Crippen LogP contribution in [0.5, 0.6) is 0 Å². The largest absolute Gasteiger partial charge is 0.480 e. The highest BCUT2D eigenvalue weighted by Crippen LogP contribution is 2.12. The van der Waals surface area contributed by atoms with Gasteiger partial charge in [-0.3, -0.25) is 4.79 Å². The molecular weight excluding hydrogens is 154 g/mol. The molecule has 0 aromatic heterocycles. The lowest BCUT2D eigenvalue weighted by Crippen LogP contribution is -2.42. The third-order valence-corrected chi connectivity index (χ3v) is 2.05. The summed E-state index contributed by atoms with van der Waals surface area (Å²) in [5.41, 5.74) is 0. The third kappa shape index (κ3) is 1.63. The van der Waals surface area contributed by atoms with Crippen LogP contribution in [0.3, 0.4) is 0 Å². The molecule has 0 saturated carbocycles. The highest BCUT2D eigenvalue weighted by Gasteiger charge is 2.23. The fourth-order valence-electron chi connectivity index (χ4n) is 0.711. The van der Waals surface area contributed by atoms with Crippen LogP contribution in [0.15, 0.2) is 0 Å². The van der Waals surface area contributed by atoms with Crippen LogP contribution in [0, 0.1) is 0 Å². The van der Waals surface area contributed by atoms with Crippen LogP contribution in [0.2, 0.25) is 0 Å². The van der Waals surface area contributed by atoms with Crippen LogP contribution in [0.1, 0.15) is 6.42 Å². The first-order chi connectivity index (χ1) is 4.70. The second kappa shape index (κ2) is 2.92. The summed E-state index contributed by atoms with van der Waals surface area (Å²) in [4.78, 5) is 20.8. The zero-order valence-electron chi connectivity index (χ0n) is 5.16. The Balaban J connectivity index is 2.47. The maximum atomic E-state index is 10.6. The molecule has 10 heavy (non-hydrogen) atoms. The topological polar surface area (TPSA) is 66.4 Å². The Morgan fingerprint density at radius 1 is 1.80 bits per heavy atom. The molecule has 1 rings (SSSR count). The molecule has 1 heterocycles. The van der Waals surface area contributed by atoms with Crippen LogP contribution < -0.4 is 5.32 Å². The van der Waals surface area contributed by atoms with Gasteiger partial charge >= 0.3 is 5.97 Å². The third-order valence-electron chi connectivity index (χ3n) is 1.23. The smallest absolute Gasteiger partial charge is 0.326 e. The first-order valence-corrected chi connectivity index (χ1v) is 3.85. The number of aliphatic carboxylic acids is 1. The molecule has 56 valence electrons. The summed E-state index contributed by atoms with van der Waals surface area (Å²) in [6, 6.07) is -0.672. The highest BCUT2D eigenvalue weighted by molar-refractivity contribution is 8.13. The van der Waals surface area contributed by atoms with E-state index >= 15 is 0 Å². The predicted molar refractivity (Wildman–Crippen MR) is 37.0 cm³/mol. The summed E-state index contributed by atoms with van der Waals surface area (Å²) in [5.74, 6) is -0.350. The van der Waals surface area contributed by atoms with Gasteiger partial charge in [0, 0.05) is 5.75 Å². The van der Waals surface area contributed by atoms with E-state index in [2.05, 4.69) is 5.32 Å². The first-order valence-electron chi connectivity index (χ1n) is 2.86. The molecule has 0 aliphatic carbocycles. The summed E-state index contributed by atoms with van der Waals surface area (Å²) in [6.45, 7) is 0. The molecule has 1 aliphatic rings. The van der Waals surface area contributed by atoms with Crippen molar-refractivity contribution in [3.8, 4) is 0 Å². The molecule has 1 atom stereocenters. The number of thioether (sulfide) groups is 1. The second-order valence-corrected chi connectivity index (χ2v) is 3.03. The van der Waals surface area contributed by atoms with Crippen molar-refractivity contribution in [2.45, 2.75) is 12.5 Å². The molecule has 0 aromatic carbocycles. The number of carboxylic acid groups (broad SMARTS) is 1. The van der Waals surface area contributed by atoms with Gasteiger partial charge in [0.25, 0.3) is 5.24 Å². The Morgan fingerprint density at radius 3 is 2.90 bits per heavy atom. The normalized spacial score (nSPS) is 25.6. The van der Waals surface area contributed by atoms with Crippen LogP contribution >= 0.6 is 11.8 Å². The maximum Gasteiger partial charge on any atom is 0.326 e. The van der Waals surface area contributed by atoms with Gasteiger partial charge in [-0.2, -0.15) is 0 Å². The Bertz CT molecular complexity index is 168. The first kappa shape index (κ1) is 7.40. The molecule has 1 fully saturated rings.